The first-order chi connectivity index (χ1) is 12.3. The van der Waals surface area contributed by atoms with Crippen molar-refractivity contribution in [3.05, 3.63) is 35.9 Å². The molecule has 2 N–H and O–H groups in total. The minimum atomic E-state index is -3.68. The van der Waals surface area contributed by atoms with E-state index in [9.17, 15) is 18.0 Å². The maximum atomic E-state index is 12.4. The summed E-state index contributed by atoms with van der Waals surface area (Å²) in [5, 5.41) is 11.5. The molecule has 1 saturated heterocycles. The van der Waals surface area contributed by atoms with Gasteiger partial charge in [0.15, 0.2) is 0 Å². The number of nitrogens with one attached hydrogen (secondary N) is 1. The van der Waals surface area contributed by atoms with E-state index < -0.39 is 28.2 Å². The molecule has 0 saturated carbocycles. The molecular weight excluding hydrogens is 378 g/mol. The van der Waals surface area contributed by atoms with Crippen LogP contribution in [0.5, 0.6) is 0 Å². The van der Waals surface area contributed by atoms with Crippen molar-refractivity contribution in [1.82, 2.24) is 5.32 Å². The van der Waals surface area contributed by atoms with Gasteiger partial charge in [-0.25, -0.2) is 0 Å². The molecule has 1 aromatic carbocycles. The Balaban J connectivity index is 2.00. The van der Waals surface area contributed by atoms with Crippen molar-refractivity contribution in [3.8, 4) is 0 Å². The summed E-state index contributed by atoms with van der Waals surface area (Å²) in [7, 11) is -3.68. The Morgan fingerprint density at radius 3 is 2.58 bits per heavy atom. The van der Waals surface area contributed by atoms with Gasteiger partial charge in [0.1, 0.15) is 6.10 Å². The third kappa shape index (κ3) is 6.62. The second-order valence-electron chi connectivity index (χ2n) is 6.22. The molecule has 1 aliphatic rings. The van der Waals surface area contributed by atoms with Crippen molar-refractivity contribution in [1.29, 1.82) is 0 Å². The van der Waals surface area contributed by atoms with E-state index in [1.807, 2.05) is 6.07 Å². The smallest absolute Gasteiger partial charge is 0.303 e. The van der Waals surface area contributed by atoms with Crippen LogP contribution in [0.15, 0.2) is 30.3 Å². The molecule has 9 heteroatoms. The lowest BCUT2D eigenvalue weighted by Gasteiger charge is -2.24. The first-order valence-corrected chi connectivity index (χ1v) is 11.2. The molecule has 0 aromatic heterocycles. The maximum absolute atomic E-state index is 12.4. The summed E-state index contributed by atoms with van der Waals surface area (Å²) < 4.78 is 28.5. The van der Waals surface area contributed by atoms with Crippen LogP contribution in [0, 0.1) is 0 Å². The Morgan fingerprint density at radius 1 is 1.27 bits per heavy atom. The molecule has 1 aromatic rings. The fourth-order valence-corrected chi connectivity index (χ4v) is 5.08. The average molecular weight is 402 g/mol. The Hall–Kier alpha value is -1.58. The largest absolute Gasteiger partial charge is 0.481 e. The van der Waals surface area contributed by atoms with Gasteiger partial charge >= 0.3 is 5.97 Å². The van der Waals surface area contributed by atoms with Crippen LogP contribution in [0.3, 0.4) is 0 Å². The number of amides is 1. The number of benzene rings is 1. The molecule has 2 rings (SSSR count). The minimum absolute atomic E-state index is 0.0865. The molecule has 1 fully saturated rings. The van der Waals surface area contributed by atoms with Gasteiger partial charge in [0.05, 0.1) is 12.3 Å². The van der Waals surface area contributed by atoms with E-state index in [2.05, 4.69) is 5.32 Å². The summed E-state index contributed by atoms with van der Waals surface area (Å²) >= 11 is 1.54. The van der Waals surface area contributed by atoms with Crippen LogP contribution in [0.1, 0.15) is 36.0 Å². The molecule has 7 nitrogen and oxygen atoms in total. The van der Waals surface area contributed by atoms with Crippen LogP contribution in [0.2, 0.25) is 0 Å². The average Bonchev–Trinajstić information content (AvgIpc) is 2.92. The summed E-state index contributed by atoms with van der Waals surface area (Å²) in [6.45, 7) is 0. The fraction of sp³-hybridized carbons (Fsp3) is 0.529. The van der Waals surface area contributed by atoms with E-state index in [0.717, 1.165) is 6.26 Å². The van der Waals surface area contributed by atoms with Gasteiger partial charge in [0.25, 0.3) is 16.0 Å². The lowest BCUT2D eigenvalue weighted by Crippen LogP contribution is -2.46. The number of hydrogen-bond donors (Lipinski definition) is 2. The molecule has 0 radical (unpaired) electrons. The number of aliphatic carboxylic acids is 1. The van der Waals surface area contributed by atoms with Crippen molar-refractivity contribution in [2.45, 2.75) is 43.1 Å². The topological polar surface area (TPSA) is 110 Å². The van der Waals surface area contributed by atoms with Crippen molar-refractivity contribution in [3.63, 3.8) is 0 Å². The van der Waals surface area contributed by atoms with E-state index in [1.165, 1.54) is 0 Å². The Labute approximate surface area is 157 Å². The second-order valence-corrected chi connectivity index (χ2v) is 9.10. The summed E-state index contributed by atoms with van der Waals surface area (Å²) in [6, 6.07) is 8.28. The van der Waals surface area contributed by atoms with E-state index >= 15 is 0 Å². The van der Waals surface area contributed by atoms with Crippen LogP contribution in [-0.4, -0.2) is 54.8 Å². The summed E-state index contributed by atoms with van der Waals surface area (Å²) in [6.07, 6.45) is 2.24. The lowest BCUT2D eigenvalue weighted by molar-refractivity contribution is -0.137. The van der Waals surface area contributed by atoms with Gasteiger partial charge in [0, 0.05) is 23.0 Å². The highest BCUT2D eigenvalue weighted by molar-refractivity contribution is 8.00. The quantitative estimate of drug-likeness (QED) is 0.480. The first kappa shape index (κ1) is 20.7. The Morgan fingerprint density at radius 2 is 1.96 bits per heavy atom. The monoisotopic (exact) mass is 401 g/mol. The van der Waals surface area contributed by atoms with Gasteiger partial charge in [-0.1, -0.05) is 24.6 Å². The number of hydrogen-bond acceptors (Lipinski definition) is 6. The molecule has 1 aliphatic heterocycles. The molecule has 1 heterocycles. The lowest BCUT2D eigenvalue weighted by atomic mass is 10.0. The number of thioether (sulfide) groups is 1. The van der Waals surface area contributed by atoms with Crippen LogP contribution in [0.25, 0.3) is 0 Å². The molecule has 144 valence electrons. The van der Waals surface area contributed by atoms with Gasteiger partial charge in [0.2, 0.25) is 0 Å². The molecule has 1 amide bonds. The highest BCUT2D eigenvalue weighted by atomic mass is 32.2. The first-order valence-electron chi connectivity index (χ1n) is 8.34. The third-order valence-electron chi connectivity index (χ3n) is 4.02. The molecule has 3 unspecified atom stereocenters. The highest BCUT2D eigenvalue weighted by Crippen LogP contribution is 2.34. The van der Waals surface area contributed by atoms with Gasteiger partial charge < -0.3 is 10.4 Å². The zero-order valence-corrected chi connectivity index (χ0v) is 16.1. The van der Waals surface area contributed by atoms with Crippen molar-refractivity contribution in [2.75, 3.05) is 12.0 Å². The number of carbonyl (C=O) groups excluding carboxylic acids is 1. The predicted molar refractivity (Wildman–Crippen MR) is 99.8 cm³/mol. The second kappa shape index (κ2) is 9.38. The van der Waals surface area contributed by atoms with Gasteiger partial charge in [-0.15, -0.1) is 0 Å². The SMILES string of the molecule is CS(=O)(=O)OC1C(NC(=O)c2ccccc2)CSC1CCCCC(=O)O. The number of unbranched alkanes of at least 4 members (excludes halogenated alkanes) is 1. The van der Waals surface area contributed by atoms with Crippen LogP contribution >= 0.6 is 11.8 Å². The molecule has 0 spiro atoms. The number of rotatable bonds is 9. The Bertz CT molecular complexity index is 722. The molecule has 26 heavy (non-hydrogen) atoms. The Kier molecular flexibility index (Phi) is 7.48. The van der Waals surface area contributed by atoms with Crippen molar-refractivity contribution < 1.29 is 27.3 Å². The summed E-state index contributed by atoms with van der Waals surface area (Å²) in [5.41, 5.74) is 0.500. The van der Waals surface area contributed by atoms with Gasteiger partial charge in [-0.2, -0.15) is 20.2 Å². The zero-order valence-electron chi connectivity index (χ0n) is 14.5. The predicted octanol–water partition coefficient (Wildman–Crippen LogP) is 1.89. The highest BCUT2D eigenvalue weighted by Gasteiger charge is 2.40. The van der Waals surface area contributed by atoms with E-state index in [1.54, 1.807) is 36.0 Å². The number of carboxylic acids is 1. The maximum Gasteiger partial charge on any atom is 0.303 e. The fourth-order valence-electron chi connectivity index (χ4n) is 2.84. The van der Waals surface area contributed by atoms with Crippen LogP contribution in [-0.2, 0) is 19.1 Å². The van der Waals surface area contributed by atoms with Gasteiger partial charge in [-0.3, -0.25) is 13.8 Å². The normalized spacial score (nSPS) is 22.9. The van der Waals surface area contributed by atoms with Crippen LogP contribution in [0.4, 0.5) is 0 Å². The van der Waals surface area contributed by atoms with Crippen LogP contribution < -0.4 is 5.32 Å². The molecule has 3 atom stereocenters. The third-order valence-corrected chi connectivity index (χ3v) is 6.08. The van der Waals surface area contributed by atoms with E-state index in [-0.39, 0.29) is 17.6 Å². The molecular formula is C17H23NO6S2. The van der Waals surface area contributed by atoms with E-state index in [0.29, 0.717) is 30.6 Å². The van der Waals surface area contributed by atoms with Gasteiger partial charge in [-0.05, 0) is 25.0 Å². The number of carbonyl (C=O) groups is 2. The number of carboxylic acid groups (broad SMARTS) is 1. The zero-order chi connectivity index (χ0) is 19.2. The van der Waals surface area contributed by atoms with Crippen molar-refractivity contribution in [2.24, 2.45) is 0 Å². The summed E-state index contributed by atoms with van der Waals surface area (Å²) in [4.78, 5) is 23.0. The molecule has 0 bridgehead atoms. The standard InChI is InChI=1S/C17H23NO6S2/c1-26(22,23)24-16-13(18-17(21)12-7-3-2-4-8-12)11-25-14(16)9-5-6-10-15(19)20/h2-4,7-8,13-14,16H,5-6,9-11H2,1H3,(H,18,21)(H,19,20). The minimum Gasteiger partial charge on any atom is -0.481 e. The molecule has 0 aliphatic carbocycles. The van der Waals surface area contributed by atoms with Crippen molar-refractivity contribution >= 4 is 33.8 Å². The summed E-state index contributed by atoms with van der Waals surface area (Å²) in [5.74, 6) is -0.576. The van der Waals surface area contributed by atoms with E-state index in [4.69, 9.17) is 9.29 Å².